The molecule has 2 amide bonds. The van der Waals surface area contributed by atoms with Crippen molar-refractivity contribution in [2.45, 2.75) is 0 Å². The summed E-state index contributed by atoms with van der Waals surface area (Å²) in [5.74, 6) is 0.236. The Bertz CT molecular complexity index is 640. The van der Waals surface area contributed by atoms with Gasteiger partial charge in [-0.25, -0.2) is 0 Å². The summed E-state index contributed by atoms with van der Waals surface area (Å²) in [4.78, 5) is 23.3. The number of hydrogen-bond acceptors (Lipinski definition) is 5. The predicted molar refractivity (Wildman–Crippen MR) is 76.9 cm³/mol. The molecule has 0 unspecified atom stereocenters. The molecular weight excluding hydrogens is 284 g/mol. The summed E-state index contributed by atoms with van der Waals surface area (Å²) < 4.78 is 5.71. The second kappa shape index (κ2) is 4.67. The number of ether oxygens (including phenoxy) is 1. The van der Waals surface area contributed by atoms with Crippen LogP contribution in [0.3, 0.4) is 0 Å². The zero-order chi connectivity index (χ0) is 13.4. The van der Waals surface area contributed by atoms with Crippen LogP contribution in [0.4, 0.5) is 5.69 Å². The average molecular weight is 292 g/mol. The number of carbonyl (C=O) groups is 2. The van der Waals surface area contributed by atoms with Gasteiger partial charge >= 0.3 is 0 Å². The van der Waals surface area contributed by atoms with Gasteiger partial charge in [-0.2, -0.15) is 0 Å². The van der Waals surface area contributed by atoms with Crippen LogP contribution in [0.5, 0.6) is 5.75 Å². The van der Waals surface area contributed by atoms with Crippen LogP contribution >= 0.6 is 24.0 Å². The van der Waals surface area contributed by atoms with E-state index < -0.39 is 0 Å². The molecule has 0 atom stereocenters. The smallest absolute Gasteiger partial charge is 0.263 e. The van der Waals surface area contributed by atoms with Gasteiger partial charge in [-0.15, -0.1) is 0 Å². The Labute approximate surface area is 118 Å². The van der Waals surface area contributed by atoms with Crippen molar-refractivity contribution in [2.75, 3.05) is 11.9 Å². The highest BCUT2D eigenvalue weighted by molar-refractivity contribution is 8.26. The van der Waals surface area contributed by atoms with Gasteiger partial charge in [-0.05, 0) is 23.8 Å². The van der Waals surface area contributed by atoms with Gasteiger partial charge in [0.25, 0.3) is 11.8 Å². The Kier molecular flexibility index (Phi) is 3.00. The van der Waals surface area contributed by atoms with E-state index >= 15 is 0 Å². The second-order valence-electron chi connectivity index (χ2n) is 3.94. The van der Waals surface area contributed by atoms with Crippen LogP contribution in [-0.2, 0) is 9.59 Å². The number of rotatable bonds is 1. The molecule has 1 fully saturated rings. The highest BCUT2D eigenvalue weighted by atomic mass is 32.2. The summed E-state index contributed by atoms with van der Waals surface area (Å²) in [5.41, 5.74) is 1.41. The molecule has 19 heavy (non-hydrogen) atoms. The minimum absolute atomic E-state index is 0.0277. The van der Waals surface area contributed by atoms with Gasteiger partial charge in [-0.3, -0.25) is 9.59 Å². The average Bonchev–Trinajstić information content (AvgIpc) is 2.67. The van der Waals surface area contributed by atoms with Crippen LogP contribution < -0.4 is 15.4 Å². The number of thioether (sulfide) groups is 1. The first-order chi connectivity index (χ1) is 9.11. The van der Waals surface area contributed by atoms with Gasteiger partial charge < -0.3 is 15.4 Å². The first-order valence-electron chi connectivity index (χ1n) is 5.43. The molecule has 0 radical (unpaired) electrons. The molecule has 1 aromatic rings. The van der Waals surface area contributed by atoms with Crippen molar-refractivity contribution in [3.8, 4) is 5.75 Å². The number of thiocarbonyl (C=S) groups is 1. The van der Waals surface area contributed by atoms with Gasteiger partial charge in [0.1, 0.15) is 10.1 Å². The van der Waals surface area contributed by atoms with Crippen molar-refractivity contribution >= 4 is 51.9 Å². The normalized spacial score (nSPS) is 19.8. The Morgan fingerprint density at radius 3 is 2.89 bits per heavy atom. The van der Waals surface area contributed by atoms with Gasteiger partial charge in [0.05, 0.1) is 10.6 Å². The van der Waals surface area contributed by atoms with E-state index in [-0.39, 0.29) is 18.4 Å². The van der Waals surface area contributed by atoms with Crippen molar-refractivity contribution in [2.24, 2.45) is 0 Å². The standard InChI is InChI=1S/C12H8N2O3S2/c15-10-5-17-8-2-1-6(3-7(8)13-10)4-9-11(16)14-12(18)19-9/h1-4H,5H2,(H,13,15)(H,14,16,18)/b9-4+. The Morgan fingerprint density at radius 2 is 2.16 bits per heavy atom. The molecule has 7 heteroatoms. The van der Waals surface area contributed by atoms with E-state index in [2.05, 4.69) is 10.6 Å². The quantitative estimate of drug-likeness (QED) is 0.606. The number of hydrogen-bond donors (Lipinski definition) is 2. The van der Waals surface area contributed by atoms with Crippen LogP contribution in [0.1, 0.15) is 5.56 Å². The third-order valence-corrected chi connectivity index (χ3v) is 3.74. The van der Waals surface area contributed by atoms with E-state index in [9.17, 15) is 9.59 Å². The molecule has 2 heterocycles. The fraction of sp³-hybridized carbons (Fsp3) is 0.0833. The first-order valence-corrected chi connectivity index (χ1v) is 6.66. The minimum atomic E-state index is -0.201. The lowest BCUT2D eigenvalue weighted by atomic mass is 10.1. The summed E-state index contributed by atoms with van der Waals surface area (Å²) in [6.07, 6.45) is 1.72. The van der Waals surface area contributed by atoms with E-state index in [1.165, 1.54) is 11.8 Å². The lowest BCUT2D eigenvalue weighted by Gasteiger charge is -2.17. The van der Waals surface area contributed by atoms with E-state index in [1.54, 1.807) is 18.2 Å². The fourth-order valence-corrected chi connectivity index (χ4v) is 2.81. The summed E-state index contributed by atoms with van der Waals surface area (Å²) in [6, 6.07) is 5.34. The van der Waals surface area contributed by atoms with Gasteiger partial charge in [-0.1, -0.05) is 30.0 Å². The summed E-state index contributed by atoms with van der Waals surface area (Å²) in [6.45, 7) is 0.0277. The molecule has 3 rings (SSSR count). The van der Waals surface area contributed by atoms with E-state index in [1.807, 2.05) is 6.07 Å². The zero-order valence-electron chi connectivity index (χ0n) is 9.56. The maximum absolute atomic E-state index is 11.5. The monoisotopic (exact) mass is 292 g/mol. The van der Waals surface area contributed by atoms with Crippen LogP contribution in [0.25, 0.3) is 6.08 Å². The predicted octanol–water partition coefficient (Wildman–Crippen LogP) is 1.51. The van der Waals surface area contributed by atoms with Crippen molar-refractivity contribution in [3.63, 3.8) is 0 Å². The van der Waals surface area contributed by atoms with Crippen LogP contribution in [0.15, 0.2) is 23.1 Å². The summed E-state index contributed by atoms with van der Waals surface area (Å²) in [5, 5.41) is 5.27. The molecule has 0 aliphatic carbocycles. The van der Waals surface area contributed by atoms with Gasteiger partial charge in [0, 0.05) is 0 Å². The molecule has 1 saturated heterocycles. The maximum Gasteiger partial charge on any atom is 0.263 e. The Hall–Kier alpha value is -1.86. The number of anilines is 1. The maximum atomic E-state index is 11.5. The summed E-state index contributed by atoms with van der Waals surface area (Å²) in [7, 11) is 0. The van der Waals surface area contributed by atoms with E-state index in [4.69, 9.17) is 17.0 Å². The lowest BCUT2D eigenvalue weighted by Crippen LogP contribution is -2.25. The molecule has 0 bridgehead atoms. The molecule has 2 N–H and O–H groups in total. The van der Waals surface area contributed by atoms with Crippen molar-refractivity contribution in [1.82, 2.24) is 5.32 Å². The van der Waals surface area contributed by atoms with E-state index in [0.29, 0.717) is 20.7 Å². The molecule has 5 nitrogen and oxygen atoms in total. The largest absolute Gasteiger partial charge is 0.482 e. The highest BCUT2D eigenvalue weighted by Gasteiger charge is 2.22. The minimum Gasteiger partial charge on any atom is -0.482 e. The highest BCUT2D eigenvalue weighted by Crippen LogP contribution is 2.31. The van der Waals surface area contributed by atoms with Crippen LogP contribution in [0.2, 0.25) is 0 Å². The van der Waals surface area contributed by atoms with Crippen molar-refractivity contribution in [3.05, 3.63) is 28.7 Å². The number of amides is 2. The molecule has 96 valence electrons. The topological polar surface area (TPSA) is 67.4 Å². The summed E-state index contributed by atoms with van der Waals surface area (Å²) >= 11 is 6.14. The zero-order valence-corrected chi connectivity index (χ0v) is 11.2. The number of fused-ring (bicyclic) bond motifs is 1. The number of carbonyl (C=O) groups excluding carboxylic acids is 2. The van der Waals surface area contributed by atoms with Gasteiger partial charge in [0.15, 0.2) is 6.61 Å². The Balaban J connectivity index is 1.92. The SMILES string of the molecule is O=C1COc2ccc(/C=C3/SC(=S)NC3=O)cc2N1. The fourth-order valence-electron chi connectivity index (χ4n) is 1.76. The number of benzene rings is 1. The molecule has 0 spiro atoms. The lowest BCUT2D eigenvalue weighted by molar-refractivity contribution is -0.118. The first kappa shape index (κ1) is 12.2. The molecule has 2 aliphatic heterocycles. The third kappa shape index (κ3) is 2.47. The molecule has 2 aliphatic rings. The van der Waals surface area contributed by atoms with E-state index in [0.717, 1.165) is 5.56 Å². The van der Waals surface area contributed by atoms with Gasteiger partial charge in [0.2, 0.25) is 0 Å². The second-order valence-corrected chi connectivity index (χ2v) is 5.66. The molecular formula is C12H8N2O3S2. The van der Waals surface area contributed by atoms with Crippen molar-refractivity contribution < 1.29 is 14.3 Å². The Morgan fingerprint density at radius 1 is 1.32 bits per heavy atom. The third-order valence-electron chi connectivity index (χ3n) is 2.58. The molecule has 0 saturated carbocycles. The van der Waals surface area contributed by atoms with Crippen LogP contribution in [-0.4, -0.2) is 22.7 Å². The van der Waals surface area contributed by atoms with Crippen LogP contribution in [0, 0.1) is 0 Å². The number of nitrogens with one attached hydrogen (secondary N) is 2. The molecule has 0 aromatic heterocycles. The molecule has 1 aromatic carbocycles. The van der Waals surface area contributed by atoms with Crippen molar-refractivity contribution in [1.29, 1.82) is 0 Å².